The van der Waals surface area contributed by atoms with E-state index in [9.17, 15) is 0 Å². The number of likely N-dealkylation sites (tertiary alicyclic amines) is 1. The largest absolute Gasteiger partial charge is 0.489 e. The van der Waals surface area contributed by atoms with E-state index in [-0.39, 0.29) is 6.10 Å². The number of nitrogens with zero attached hydrogens (tertiary/aromatic N) is 3. The quantitative estimate of drug-likeness (QED) is 0.813. The summed E-state index contributed by atoms with van der Waals surface area (Å²) in [4.78, 5) is 11.8. The van der Waals surface area contributed by atoms with Crippen LogP contribution in [0.4, 0.5) is 0 Å². The lowest BCUT2D eigenvalue weighted by Gasteiger charge is -2.17. The summed E-state index contributed by atoms with van der Waals surface area (Å²) in [5.74, 6) is 0.940. The molecular formula is C18H25N3OS. The molecular weight excluding hydrogens is 306 g/mol. The molecule has 1 aliphatic heterocycles. The molecule has 1 atom stereocenters. The van der Waals surface area contributed by atoms with Crippen LogP contribution < -0.4 is 4.74 Å². The van der Waals surface area contributed by atoms with Crippen LogP contribution in [0.1, 0.15) is 21.9 Å². The molecule has 1 aliphatic rings. The molecule has 0 aromatic carbocycles. The second kappa shape index (κ2) is 7.43. The Kier molecular flexibility index (Phi) is 5.30. The molecule has 1 saturated heterocycles. The van der Waals surface area contributed by atoms with E-state index < -0.39 is 0 Å². The van der Waals surface area contributed by atoms with Gasteiger partial charge in [-0.15, -0.1) is 11.3 Å². The van der Waals surface area contributed by atoms with Crippen molar-refractivity contribution in [3.05, 3.63) is 45.9 Å². The Morgan fingerprint density at radius 3 is 2.96 bits per heavy atom. The highest BCUT2D eigenvalue weighted by atomic mass is 32.1. The van der Waals surface area contributed by atoms with Crippen LogP contribution in [0.15, 0.2) is 30.5 Å². The number of thiophene rings is 1. The molecule has 2 aromatic heterocycles. The van der Waals surface area contributed by atoms with E-state index in [1.165, 1.54) is 9.75 Å². The van der Waals surface area contributed by atoms with Crippen molar-refractivity contribution < 1.29 is 4.74 Å². The molecule has 4 nitrogen and oxygen atoms in total. The Bertz CT molecular complexity index is 641. The first kappa shape index (κ1) is 16.4. The number of hydrogen-bond donors (Lipinski definition) is 0. The fraction of sp³-hybridized carbons (Fsp3) is 0.500. The van der Waals surface area contributed by atoms with Gasteiger partial charge in [-0.2, -0.15) is 0 Å². The van der Waals surface area contributed by atoms with E-state index in [0.29, 0.717) is 0 Å². The van der Waals surface area contributed by atoms with Gasteiger partial charge in [0.05, 0.1) is 5.69 Å². The molecule has 0 radical (unpaired) electrons. The minimum absolute atomic E-state index is 0.283. The lowest BCUT2D eigenvalue weighted by Crippen LogP contribution is -2.24. The third-order valence-corrected chi connectivity index (χ3v) is 4.96. The first-order chi connectivity index (χ1) is 11.1. The first-order valence-electron chi connectivity index (χ1n) is 8.12. The van der Waals surface area contributed by atoms with Crippen molar-refractivity contribution in [2.24, 2.45) is 0 Å². The molecule has 0 amide bonds. The van der Waals surface area contributed by atoms with Crippen molar-refractivity contribution in [1.29, 1.82) is 0 Å². The van der Waals surface area contributed by atoms with E-state index in [4.69, 9.17) is 4.74 Å². The Hall–Kier alpha value is -1.43. The minimum Gasteiger partial charge on any atom is -0.489 e. The first-order valence-corrected chi connectivity index (χ1v) is 8.94. The molecule has 3 heterocycles. The molecule has 1 unspecified atom stereocenters. The molecule has 1 fully saturated rings. The van der Waals surface area contributed by atoms with E-state index in [1.54, 1.807) is 0 Å². The van der Waals surface area contributed by atoms with Crippen LogP contribution in [0.25, 0.3) is 0 Å². The number of hydrogen-bond acceptors (Lipinski definition) is 5. The predicted molar refractivity (Wildman–Crippen MR) is 95.0 cm³/mol. The Labute approximate surface area is 142 Å². The van der Waals surface area contributed by atoms with Gasteiger partial charge in [-0.05, 0) is 45.6 Å². The smallest absolute Gasteiger partial charge is 0.123 e. The summed E-state index contributed by atoms with van der Waals surface area (Å²) < 4.78 is 6.17. The van der Waals surface area contributed by atoms with Crippen molar-refractivity contribution in [2.75, 3.05) is 27.2 Å². The summed E-state index contributed by atoms with van der Waals surface area (Å²) >= 11 is 1.89. The zero-order chi connectivity index (χ0) is 16.2. The Morgan fingerprint density at radius 1 is 1.35 bits per heavy atom. The van der Waals surface area contributed by atoms with Crippen molar-refractivity contribution >= 4 is 11.3 Å². The van der Waals surface area contributed by atoms with Crippen LogP contribution in [0.3, 0.4) is 0 Å². The van der Waals surface area contributed by atoms with Gasteiger partial charge in [0.25, 0.3) is 0 Å². The fourth-order valence-electron chi connectivity index (χ4n) is 2.96. The van der Waals surface area contributed by atoms with E-state index >= 15 is 0 Å². The summed E-state index contributed by atoms with van der Waals surface area (Å²) in [6.45, 7) is 6.16. The third-order valence-electron chi connectivity index (χ3n) is 3.97. The summed E-state index contributed by atoms with van der Waals surface area (Å²) in [7, 11) is 4.10. The van der Waals surface area contributed by atoms with Gasteiger partial charge in [0, 0.05) is 48.2 Å². The van der Waals surface area contributed by atoms with Gasteiger partial charge < -0.3 is 9.64 Å². The van der Waals surface area contributed by atoms with Gasteiger partial charge in [-0.3, -0.25) is 9.88 Å². The van der Waals surface area contributed by atoms with Gasteiger partial charge in [0.15, 0.2) is 0 Å². The van der Waals surface area contributed by atoms with Crippen molar-refractivity contribution in [3.8, 4) is 5.75 Å². The molecule has 5 heteroatoms. The Balaban J connectivity index is 1.53. The predicted octanol–water partition coefficient (Wildman–Crippen LogP) is 3.17. The van der Waals surface area contributed by atoms with Crippen LogP contribution in [0, 0.1) is 6.92 Å². The molecule has 0 N–H and O–H groups in total. The fourth-order valence-corrected chi connectivity index (χ4v) is 3.89. The standard InChI is InChI=1S/C18H25N3OS/c1-14-4-5-18(23-14)13-21-9-7-17(12-21)22-16-6-8-19-15(10-16)11-20(2)3/h4-6,8,10,17H,7,9,11-13H2,1-3H3. The van der Waals surface area contributed by atoms with Gasteiger partial charge >= 0.3 is 0 Å². The molecule has 23 heavy (non-hydrogen) atoms. The normalized spacial score (nSPS) is 18.7. The molecule has 124 valence electrons. The van der Waals surface area contributed by atoms with Crippen LogP contribution >= 0.6 is 11.3 Å². The van der Waals surface area contributed by atoms with Crippen molar-refractivity contribution in [1.82, 2.24) is 14.8 Å². The molecule has 3 rings (SSSR count). The summed E-state index contributed by atoms with van der Waals surface area (Å²) in [5, 5.41) is 0. The Morgan fingerprint density at radius 2 is 2.22 bits per heavy atom. The molecule has 0 spiro atoms. The van der Waals surface area contributed by atoms with Gasteiger partial charge in [0.1, 0.15) is 11.9 Å². The number of pyridine rings is 1. The molecule has 2 aromatic rings. The lowest BCUT2D eigenvalue weighted by molar-refractivity contribution is 0.198. The number of aromatic nitrogens is 1. The highest BCUT2D eigenvalue weighted by Crippen LogP contribution is 2.23. The second-order valence-corrected chi connectivity index (χ2v) is 7.87. The van der Waals surface area contributed by atoms with Crippen LogP contribution in [0.5, 0.6) is 5.75 Å². The van der Waals surface area contributed by atoms with Crippen LogP contribution in [0.2, 0.25) is 0 Å². The number of rotatable bonds is 6. The zero-order valence-electron chi connectivity index (χ0n) is 14.2. The SMILES string of the molecule is Cc1ccc(CN2CCC(Oc3ccnc(CN(C)C)c3)C2)s1. The monoisotopic (exact) mass is 331 g/mol. The highest BCUT2D eigenvalue weighted by Gasteiger charge is 2.24. The maximum Gasteiger partial charge on any atom is 0.123 e. The van der Waals surface area contributed by atoms with Gasteiger partial charge in [0.2, 0.25) is 0 Å². The lowest BCUT2D eigenvalue weighted by atomic mass is 10.3. The number of aryl methyl sites for hydroxylation is 1. The topological polar surface area (TPSA) is 28.6 Å². The summed E-state index contributed by atoms with van der Waals surface area (Å²) in [6, 6.07) is 8.47. The number of ether oxygens (including phenoxy) is 1. The maximum absolute atomic E-state index is 6.17. The average Bonchev–Trinajstić information content (AvgIpc) is 3.08. The van der Waals surface area contributed by atoms with Crippen molar-refractivity contribution in [3.63, 3.8) is 0 Å². The highest BCUT2D eigenvalue weighted by molar-refractivity contribution is 7.11. The van der Waals surface area contributed by atoms with Crippen LogP contribution in [-0.4, -0.2) is 48.1 Å². The molecule has 0 aliphatic carbocycles. The van der Waals surface area contributed by atoms with Crippen LogP contribution in [-0.2, 0) is 13.1 Å². The second-order valence-electron chi connectivity index (χ2n) is 6.50. The minimum atomic E-state index is 0.283. The molecule has 0 bridgehead atoms. The third kappa shape index (κ3) is 4.77. The maximum atomic E-state index is 6.17. The molecule has 0 saturated carbocycles. The van der Waals surface area contributed by atoms with E-state index in [1.807, 2.05) is 23.6 Å². The van der Waals surface area contributed by atoms with E-state index in [2.05, 4.69) is 54.0 Å². The average molecular weight is 331 g/mol. The van der Waals surface area contributed by atoms with Gasteiger partial charge in [-0.1, -0.05) is 0 Å². The van der Waals surface area contributed by atoms with Gasteiger partial charge in [-0.25, -0.2) is 0 Å². The van der Waals surface area contributed by atoms with Crippen molar-refractivity contribution in [2.45, 2.75) is 32.5 Å². The summed E-state index contributed by atoms with van der Waals surface area (Å²) in [5.41, 5.74) is 1.05. The summed E-state index contributed by atoms with van der Waals surface area (Å²) in [6.07, 6.45) is 3.22. The zero-order valence-corrected chi connectivity index (χ0v) is 15.0. The van der Waals surface area contributed by atoms with E-state index in [0.717, 1.165) is 44.0 Å².